The van der Waals surface area contributed by atoms with Gasteiger partial charge in [0.1, 0.15) is 5.82 Å². The Bertz CT molecular complexity index is 758. The van der Waals surface area contributed by atoms with E-state index in [1.165, 1.54) is 43.4 Å². The fourth-order valence-corrected chi connectivity index (χ4v) is 2.77. The lowest BCUT2D eigenvalue weighted by atomic mass is 10.2. The van der Waals surface area contributed by atoms with Gasteiger partial charge in [0.15, 0.2) is 0 Å². The summed E-state index contributed by atoms with van der Waals surface area (Å²) >= 11 is 0. The van der Waals surface area contributed by atoms with Crippen LogP contribution in [0.4, 0.5) is 10.1 Å². The van der Waals surface area contributed by atoms with E-state index in [1.807, 2.05) is 0 Å². The van der Waals surface area contributed by atoms with Crippen molar-refractivity contribution >= 4 is 21.6 Å². The molecule has 2 rings (SSSR count). The van der Waals surface area contributed by atoms with Crippen LogP contribution in [0.2, 0.25) is 0 Å². The summed E-state index contributed by atoms with van der Waals surface area (Å²) in [5.41, 5.74) is 0.693. The molecule has 7 heteroatoms. The number of carbonyl (C=O) groups is 1. The van der Waals surface area contributed by atoms with Gasteiger partial charge in [-0.25, -0.2) is 12.8 Å². The van der Waals surface area contributed by atoms with Crippen LogP contribution < -0.4 is 10.0 Å². The molecule has 0 saturated heterocycles. The number of amides is 1. The Morgan fingerprint density at radius 3 is 2.33 bits per heavy atom. The number of nitrogens with one attached hydrogen (secondary N) is 2. The second-order valence-corrected chi connectivity index (χ2v) is 5.90. The number of anilines is 1. The summed E-state index contributed by atoms with van der Waals surface area (Å²) in [5, 5.41) is 2.46. The van der Waals surface area contributed by atoms with Crippen molar-refractivity contribution < 1.29 is 17.6 Å². The Labute approximate surface area is 121 Å². The van der Waals surface area contributed by atoms with Gasteiger partial charge in [0.25, 0.3) is 15.9 Å². The molecular weight excluding hydrogens is 295 g/mol. The van der Waals surface area contributed by atoms with E-state index in [0.717, 1.165) is 12.1 Å². The number of hydrogen-bond donors (Lipinski definition) is 2. The van der Waals surface area contributed by atoms with E-state index in [2.05, 4.69) is 10.0 Å². The van der Waals surface area contributed by atoms with Gasteiger partial charge in [-0.15, -0.1) is 0 Å². The number of carbonyl (C=O) groups excluding carboxylic acids is 1. The van der Waals surface area contributed by atoms with Crippen molar-refractivity contribution in [3.63, 3.8) is 0 Å². The maximum Gasteiger partial charge on any atom is 0.261 e. The molecule has 0 saturated carbocycles. The third-order valence-corrected chi connectivity index (χ3v) is 4.11. The van der Waals surface area contributed by atoms with Gasteiger partial charge in [-0.3, -0.25) is 9.52 Å². The van der Waals surface area contributed by atoms with E-state index in [1.54, 1.807) is 0 Å². The number of rotatable bonds is 4. The standard InChI is InChI=1S/C14H13FN2O3S/c1-16-14(18)10-5-7-12(8-6-10)17-21(19,20)13-4-2-3-11(15)9-13/h2-9,17H,1H3,(H,16,18). The Hall–Kier alpha value is -2.41. The largest absolute Gasteiger partial charge is 0.355 e. The first kappa shape index (κ1) is 15.0. The summed E-state index contributed by atoms with van der Waals surface area (Å²) in [5.74, 6) is -0.901. The highest BCUT2D eigenvalue weighted by Gasteiger charge is 2.15. The fraction of sp³-hybridized carbons (Fsp3) is 0.0714. The molecule has 110 valence electrons. The topological polar surface area (TPSA) is 75.3 Å². The van der Waals surface area contributed by atoms with Gasteiger partial charge in [-0.05, 0) is 42.5 Å². The van der Waals surface area contributed by atoms with Crippen LogP contribution in [0.1, 0.15) is 10.4 Å². The summed E-state index contributed by atoms with van der Waals surface area (Å²) < 4.78 is 39.5. The van der Waals surface area contributed by atoms with Gasteiger partial charge in [-0.1, -0.05) is 6.07 Å². The maximum atomic E-state index is 13.1. The van der Waals surface area contributed by atoms with E-state index < -0.39 is 15.8 Å². The van der Waals surface area contributed by atoms with Crippen molar-refractivity contribution in [3.8, 4) is 0 Å². The van der Waals surface area contributed by atoms with Gasteiger partial charge < -0.3 is 5.32 Å². The number of benzene rings is 2. The van der Waals surface area contributed by atoms with Crippen LogP contribution in [0.25, 0.3) is 0 Å². The highest BCUT2D eigenvalue weighted by molar-refractivity contribution is 7.92. The predicted molar refractivity (Wildman–Crippen MR) is 77.0 cm³/mol. The van der Waals surface area contributed by atoms with Crippen molar-refractivity contribution in [1.29, 1.82) is 0 Å². The van der Waals surface area contributed by atoms with Crippen molar-refractivity contribution in [1.82, 2.24) is 5.32 Å². The van der Waals surface area contributed by atoms with Crippen molar-refractivity contribution in [2.24, 2.45) is 0 Å². The van der Waals surface area contributed by atoms with E-state index in [0.29, 0.717) is 5.56 Å². The molecule has 2 aromatic rings. The molecule has 0 fully saturated rings. The quantitative estimate of drug-likeness (QED) is 0.907. The molecule has 0 spiro atoms. The summed E-state index contributed by atoms with van der Waals surface area (Å²) in [6.45, 7) is 0. The molecule has 5 nitrogen and oxygen atoms in total. The smallest absolute Gasteiger partial charge is 0.261 e. The van der Waals surface area contributed by atoms with Crippen LogP contribution in [0.3, 0.4) is 0 Å². The first-order chi connectivity index (χ1) is 9.92. The molecule has 0 unspecified atom stereocenters. The van der Waals surface area contributed by atoms with E-state index >= 15 is 0 Å². The molecule has 1 amide bonds. The minimum Gasteiger partial charge on any atom is -0.355 e. The lowest BCUT2D eigenvalue weighted by Gasteiger charge is -2.08. The Morgan fingerprint density at radius 2 is 1.76 bits per heavy atom. The second-order valence-electron chi connectivity index (χ2n) is 4.22. The molecule has 2 aromatic carbocycles. The Morgan fingerprint density at radius 1 is 1.10 bits per heavy atom. The molecule has 0 radical (unpaired) electrons. The molecule has 2 N–H and O–H groups in total. The third kappa shape index (κ3) is 3.57. The Kier molecular flexibility index (Phi) is 4.23. The molecular formula is C14H13FN2O3S. The van der Waals surface area contributed by atoms with Crippen LogP contribution in [0.5, 0.6) is 0 Å². The average Bonchev–Trinajstić information content (AvgIpc) is 2.47. The molecule has 0 aliphatic rings. The van der Waals surface area contributed by atoms with Crippen LogP contribution in [0.15, 0.2) is 53.4 Å². The number of halogens is 1. The zero-order valence-electron chi connectivity index (χ0n) is 11.1. The lowest BCUT2D eigenvalue weighted by molar-refractivity contribution is 0.0963. The van der Waals surface area contributed by atoms with Crippen LogP contribution in [-0.4, -0.2) is 21.4 Å². The molecule has 0 aliphatic heterocycles. The van der Waals surface area contributed by atoms with Crippen LogP contribution >= 0.6 is 0 Å². The normalized spacial score (nSPS) is 11.0. The monoisotopic (exact) mass is 308 g/mol. The molecule has 0 bridgehead atoms. The number of sulfonamides is 1. The fourth-order valence-electron chi connectivity index (χ4n) is 1.68. The second kappa shape index (κ2) is 5.92. The summed E-state index contributed by atoms with van der Waals surface area (Å²) in [7, 11) is -2.36. The van der Waals surface area contributed by atoms with Crippen molar-refractivity contribution in [2.75, 3.05) is 11.8 Å². The van der Waals surface area contributed by atoms with Crippen LogP contribution in [0, 0.1) is 5.82 Å². The highest BCUT2D eigenvalue weighted by Crippen LogP contribution is 2.17. The first-order valence-corrected chi connectivity index (χ1v) is 7.51. The van der Waals surface area contributed by atoms with Crippen LogP contribution in [-0.2, 0) is 10.0 Å². The SMILES string of the molecule is CNC(=O)c1ccc(NS(=O)(=O)c2cccc(F)c2)cc1. The molecule has 21 heavy (non-hydrogen) atoms. The number of hydrogen-bond acceptors (Lipinski definition) is 3. The highest BCUT2D eigenvalue weighted by atomic mass is 32.2. The zero-order valence-corrected chi connectivity index (χ0v) is 11.9. The summed E-state index contributed by atoms with van der Waals surface area (Å²) in [4.78, 5) is 11.2. The van der Waals surface area contributed by atoms with Gasteiger partial charge in [-0.2, -0.15) is 0 Å². The van der Waals surface area contributed by atoms with E-state index in [-0.39, 0.29) is 16.5 Å². The minimum atomic E-state index is -3.87. The maximum absolute atomic E-state index is 13.1. The third-order valence-electron chi connectivity index (χ3n) is 2.73. The van der Waals surface area contributed by atoms with Crippen molar-refractivity contribution in [2.45, 2.75) is 4.90 Å². The lowest BCUT2D eigenvalue weighted by Crippen LogP contribution is -2.18. The van der Waals surface area contributed by atoms with Gasteiger partial charge in [0.05, 0.1) is 4.90 Å². The molecule has 0 atom stereocenters. The van der Waals surface area contributed by atoms with Gasteiger partial charge >= 0.3 is 0 Å². The summed E-state index contributed by atoms with van der Waals surface area (Å²) in [6.07, 6.45) is 0. The minimum absolute atomic E-state index is 0.169. The van der Waals surface area contributed by atoms with E-state index in [4.69, 9.17) is 0 Å². The average molecular weight is 308 g/mol. The molecule has 0 aromatic heterocycles. The Balaban J connectivity index is 2.23. The first-order valence-electron chi connectivity index (χ1n) is 6.03. The van der Waals surface area contributed by atoms with Crippen molar-refractivity contribution in [3.05, 3.63) is 59.9 Å². The molecule has 0 aliphatic carbocycles. The summed E-state index contributed by atoms with van der Waals surface area (Å²) in [6, 6.07) is 10.6. The molecule has 0 heterocycles. The van der Waals surface area contributed by atoms with E-state index in [9.17, 15) is 17.6 Å². The zero-order chi connectivity index (χ0) is 15.5. The van der Waals surface area contributed by atoms with Gasteiger partial charge in [0, 0.05) is 18.3 Å². The predicted octanol–water partition coefficient (Wildman–Crippen LogP) is 1.99. The van der Waals surface area contributed by atoms with Gasteiger partial charge in [0.2, 0.25) is 0 Å².